The Kier molecular flexibility index (Phi) is 7.53. The van der Waals surface area contributed by atoms with E-state index >= 15 is 0 Å². The molecule has 3 nitrogen and oxygen atoms in total. The second-order valence-electron chi connectivity index (χ2n) is 4.02. The summed E-state index contributed by atoms with van der Waals surface area (Å²) < 4.78 is 0. The molecule has 0 aliphatic heterocycles. The number of nitrogens with zero attached hydrogens (tertiary/aromatic N) is 1. The van der Waals surface area contributed by atoms with Gasteiger partial charge in [0.1, 0.15) is 0 Å². The lowest BCUT2D eigenvalue weighted by Gasteiger charge is -2.20. The summed E-state index contributed by atoms with van der Waals surface area (Å²) >= 11 is 1.69. The molecule has 1 rings (SSSR count). The third kappa shape index (κ3) is 5.56. The summed E-state index contributed by atoms with van der Waals surface area (Å²) in [7, 11) is 0. The molecule has 0 aliphatic carbocycles. The van der Waals surface area contributed by atoms with Crippen molar-refractivity contribution in [3.8, 4) is 0 Å². The Bertz CT molecular complexity index is 337. The lowest BCUT2D eigenvalue weighted by Crippen LogP contribution is -2.34. The molecule has 1 amide bonds. The minimum Gasteiger partial charge on any atom is -0.395 e. The Labute approximate surface area is 113 Å². The standard InChI is InChI=1S/C14H21NO2S/c1-2-9-15(10-11-16)14(17)8-12-18-13-6-4-3-5-7-13/h3-7,16H,2,8-12H2,1H3. The Balaban J connectivity index is 2.30. The van der Waals surface area contributed by atoms with E-state index in [1.54, 1.807) is 16.7 Å². The predicted molar refractivity (Wildman–Crippen MR) is 75.7 cm³/mol. The van der Waals surface area contributed by atoms with Gasteiger partial charge in [0, 0.05) is 30.2 Å². The summed E-state index contributed by atoms with van der Waals surface area (Å²) in [6.07, 6.45) is 1.46. The van der Waals surface area contributed by atoms with E-state index in [4.69, 9.17) is 5.11 Å². The fourth-order valence-corrected chi connectivity index (χ4v) is 2.54. The van der Waals surface area contributed by atoms with Crippen molar-refractivity contribution in [3.05, 3.63) is 30.3 Å². The molecule has 4 heteroatoms. The summed E-state index contributed by atoms with van der Waals surface area (Å²) in [5.74, 6) is 0.920. The van der Waals surface area contributed by atoms with E-state index in [1.165, 1.54) is 4.90 Å². The molecule has 18 heavy (non-hydrogen) atoms. The number of carbonyl (C=O) groups is 1. The lowest BCUT2D eigenvalue weighted by atomic mass is 10.3. The summed E-state index contributed by atoms with van der Waals surface area (Å²) in [6, 6.07) is 10.1. The highest BCUT2D eigenvalue weighted by molar-refractivity contribution is 7.99. The van der Waals surface area contributed by atoms with Gasteiger partial charge in [0.15, 0.2) is 0 Å². The van der Waals surface area contributed by atoms with Crippen molar-refractivity contribution in [2.75, 3.05) is 25.4 Å². The van der Waals surface area contributed by atoms with Crippen LogP contribution in [0.25, 0.3) is 0 Å². The van der Waals surface area contributed by atoms with E-state index in [0.29, 0.717) is 13.0 Å². The molecule has 0 unspecified atom stereocenters. The zero-order valence-corrected chi connectivity index (χ0v) is 11.7. The van der Waals surface area contributed by atoms with Crippen LogP contribution in [0.1, 0.15) is 19.8 Å². The maximum atomic E-state index is 11.9. The number of carbonyl (C=O) groups excluding carboxylic acids is 1. The van der Waals surface area contributed by atoms with Gasteiger partial charge in [-0.3, -0.25) is 4.79 Å². The highest BCUT2D eigenvalue weighted by atomic mass is 32.2. The Hall–Kier alpha value is -1.00. The molecule has 0 fully saturated rings. The van der Waals surface area contributed by atoms with E-state index in [0.717, 1.165) is 18.7 Å². The zero-order valence-electron chi connectivity index (χ0n) is 10.8. The maximum Gasteiger partial charge on any atom is 0.223 e. The fourth-order valence-electron chi connectivity index (χ4n) is 1.68. The van der Waals surface area contributed by atoms with Crippen LogP contribution in [0.15, 0.2) is 35.2 Å². The number of aliphatic hydroxyl groups excluding tert-OH is 1. The largest absolute Gasteiger partial charge is 0.395 e. The van der Waals surface area contributed by atoms with Crippen LogP contribution in [0.2, 0.25) is 0 Å². The number of benzene rings is 1. The van der Waals surface area contributed by atoms with Crippen molar-refractivity contribution in [1.29, 1.82) is 0 Å². The van der Waals surface area contributed by atoms with Gasteiger partial charge in [0.2, 0.25) is 5.91 Å². The lowest BCUT2D eigenvalue weighted by molar-refractivity contribution is -0.131. The molecule has 1 aromatic carbocycles. The first-order valence-corrected chi connectivity index (χ1v) is 7.33. The topological polar surface area (TPSA) is 40.5 Å². The molecule has 0 spiro atoms. The van der Waals surface area contributed by atoms with Crippen LogP contribution in [0.5, 0.6) is 0 Å². The minimum atomic E-state index is 0.0393. The molecule has 0 saturated heterocycles. The molecular formula is C14H21NO2S. The first kappa shape index (κ1) is 15.1. The van der Waals surface area contributed by atoms with Crippen molar-refractivity contribution in [1.82, 2.24) is 4.90 Å². The summed E-state index contributed by atoms with van der Waals surface area (Å²) in [4.78, 5) is 14.8. The van der Waals surface area contributed by atoms with E-state index in [2.05, 4.69) is 0 Å². The van der Waals surface area contributed by atoms with E-state index in [1.807, 2.05) is 37.3 Å². The van der Waals surface area contributed by atoms with Gasteiger partial charge in [-0.1, -0.05) is 25.1 Å². The van der Waals surface area contributed by atoms with Crippen molar-refractivity contribution < 1.29 is 9.90 Å². The SMILES string of the molecule is CCCN(CCO)C(=O)CCSc1ccccc1. The van der Waals surface area contributed by atoms with Crippen molar-refractivity contribution in [2.45, 2.75) is 24.7 Å². The molecule has 0 bridgehead atoms. The first-order valence-electron chi connectivity index (χ1n) is 6.34. The maximum absolute atomic E-state index is 11.9. The Morgan fingerprint density at radius 3 is 2.61 bits per heavy atom. The second-order valence-corrected chi connectivity index (χ2v) is 5.18. The van der Waals surface area contributed by atoms with Crippen LogP contribution in [0.4, 0.5) is 0 Å². The molecule has 0 radical (unpaired) electrons. The van der Waals surface area contributed by atoms with Crippen molar-refractivity contribution in [2.24, 2.45) is 0 Å². The van der Waals surface area contributed by atoms with E-state index < -0.39 is 0 Å². The fraction of sp³-hybridized carbons (Fsp3) is 0.500. The van der Waals surface area contributed by atoms with Crippen LogP contribution in [0.3, 0.4) is 0 Å². The monoisotopic (exact) mass is 267 g/mol. The van der Waals surface area contributed by atoms with Crippen LogP contribution in [-0.4, -0.2) is 41.4 Å². The molecule has 1 N–H and O–H groups in total. The molecule has 100 valence electrons. The van der Waals surface area contributed by atoms with Gasteiger partial charge >= 0.3 is 0 Å². The molecular weight excluding hydrogens is 246 g/mol. The summed E-state index contributed by atoms with van der Waals surface area (Å²) in [5, 5.41) is 8.92. The van der Waals surface area contributed by atoms with Gasteiger partial charge in [-0.2, -0.15) is 0 Å². The molecule has 0 atom stereocenters. The minimum absolute atomic E-state index is 0.0393. The number of hydrogen-bond donors (Lipinski definition) is 1. The van der Waals surface area contributed by atoms with E-state index in [-0.39, 0.29) is 12.5 Å². The predicted octanol–water partition coefficient (Wildman–Crippen LogP) is 2.40. The molecule has 0 heterocycles. The van der Waals surface area contributed by atoms with Crippen LogP contribution < -0.4 is 0 Å². The second kappa shape index (κ2) is 9.00. The van der Waals surface area contributed by atoms with Gasteiger partial charge in [0.25, 0.3) is 0 Å². The van der Waals surface area contributed by atoms with Gasteiger partial charge in [-0.25, -0.2) is 0 Å². The third-order valence-electron chi connectivity index (χ3n) is 2.54. The van der Waals surface area contributed by atoms with Gasteiger partial charge in [0.05, 0.1) is 6.61 Å². The quantitative estimate of drug-likeness (QED) is 0.735. The highest BCUT2D eigenvalue weighted by Crippen LogP contribution is 2.18. The zero-order chi connectivity index (χ0) is 13.2. The number of hydrogen-bond acceptors (Lipinski definition) is 3. The highest BCUT2D eigenvalue weighted by Gasteiger charge is 2.11. The number of amides is 1. The van der Waals surface area contributed by atoms with Gasteiger partial charge < -0.3 is 10.0 Å². The van der Waals surface area contributed by atoms with E-state index in [9.17, 15) is 4.79 Å². The molecule has 0 aromatic heterocycles. The molecule has 0 saturated carbocycles. The van der Waals surface area contributed by atoms with Crippen LogP contribution in [-0.2, 0) is 4.79 Å². The Morgan fingerprint density at radius 2 is 2.00 bits per heavy atom. The summed E-state index contributed by atoms with van der Waals surface area (Å²) in [6.45, 7) is 3.26. The van der Waals surface area contributed by atoms with Crippen LogP contribution in [0, 0.1) is 0 Å². The number of thioether (sulfide) groups is 1. The van der Waals surface area contributed by atoms with Crippen molar-refractivity contribution in [3.63, 3.8) is 0 Å². The van der Waals surface area contributed by atoms with Crippen molar-refractivity contribution >= 4 is 17.7 Å². The molecule has 1 aromatic rings. The molecule has 0 aliphatic rings. The third-order valence-corrected chi connectivity index (χ3v) is 3.56. The summed E-state index contributed by atoms with van der Waals surface area (Å²) in [5.41, 5.74) is 0. The smallest absolute Gasteiger partial charge is 0.223 e. The average molecular weight is 267 g/mol. The number of rotatable bonds is 8. The van der Waals surface area contributed by atoms with Gasteiger partial charge in [-0.15, -0.1) is 11.8 Å². The normalized spacial score (nSPS) is 10.3. The Morgan fingerprint density at radius 1 is 1.28 bits per heavy atom. The number of aliphatic hydroxyl groups is 1. The average Bonchev–Trinajstić information content (AvgIpc) is 2.39. The van der Waals surface area contributed by atoms with Crippen LogP contribution >= 0.6 is 11.8 Å². The first-order chi connectivity index (χ1) is 8.77. The van der Waals surface area contributed by atoms with Gasteiger partial charge in [-0.05, 0) is 18.6 Å².